The Kier molecular flexibility index (Phi) is 8.14. The van der Waals surface area contributed by atoms with Crippen LogP contribution in [0.5, 0.6) is 23.0 Å². The summed E-state index contributed by atoms with van der Waals surface area (Å²) in [5.41, 5.74) is 6.42. The van der Waals surface area contributed by atoms with Crippen molar-refractivity contribution >= 4 is 23.3 Å². The fourth-order valence-electron chi connectivity index (χ4n) is 3.26. The molecule has 0 saturated carbocycles. The third kappa shape index (κ3) is 7.31. The first-order valence-corrected chi connectivity index (χ1v) is 10.8. The van der Waals surface area contributed by atoms with Gasteiger partial charge in [0.05, 0.1) is 0 Å². The van der Waals surface area contributed by atoms with Gasteiger partial charge in [-0.05, 0) is 95.8 Å². The molecule has 0 saturated heterocycles. The Morgan fingerprint density at radius 1 is 0.412 bits per heavy atom. The molecule has 4 N–H and O–H groups in total. The Morgan fingerprint density at radius 2 is 0.647 bits per heavy atom. The molecule has 0 aromatic heterocycles. The molecule has 172 valence electrons. The maximum Gasteiger partial charge on any atom is 0.115 e. The molecule has 0 spiro atoms. The maximum absolute atomic E-state index is 9.21. The largest absolute Gasteiger partial charge is 0.508 e. The van der Waals surface area contributed by atoms with E-state index in [-0.39, 0.29) is 23.0 Å². The average Bonchev–Trinajstić information content (AvgIpc) is 2.83. The number of hydrogen-bond acceptors (Lipinski definition) is 4. The third-order valence-corrected chi connectivity index (χ3v) is 5.20. The van der Waals surface area contributed by atoms with Crippen LogP contribution in [0.25, 0.3) is 23.3 Å². The van der Waals surface area contributed by atoms with E-state index < -0.39 is 0 Å². The summed E-state index contributed by atoms with van der Waals surface area (Å²) in [6.07, 6.45) is 4.07. The zero-order valence-corrected chi connectivity index (χ0v) is 19.2. The maximum atomic E-state index is 9.21. The average molecular weight is 453 g/mol. The highest BCUT2D eigenvalue weighted by molar-refractivity contribution is 5.81. The Morgan fingerprint density at radius 3 is 0.912 bits per heavy atom. The fraction of sp³-hybridized carbons (Fsp3) is 0.0667. The van der Waals surface area contributed by atoms with Gasteiger partial charge in [-0.15, -0.1) is 0 Å². The van der Waals surface area contributed by atoms with Crippen LogP contribution in [0.3, 0.4) is 0 Å². The predicted molar refractivity (Wildman–Crippen MR) is 140 cm³/mol. The lowest BCUT2D eigenvalue weighted by Gasteiger charge is -2.02. The van der Waals surface area contributed by atoms with E-state index in [4.69, 9.17) is 0 Å². The molecule has 34 heavy (non-hydrogen) atoms. The highest BCUT2D eigenvalue weighted by atomic mass is 16.3. The van der Waals surface area contributed by atoms with Crippen LogP contribution in [0.15, 0.2) is 97.1 Å². The van der Waals surface area contributed by atoms with E-state index in [2.05, 4.69) is 0 Å². The van der Waals surface area contributed by atoms with Crippen molar-refractivity contribution in [2.75, 3.05) is 0 Å². The summed E-state index contributed by atoms with van der Waals surface area (Å²) < 4.78 is 0. The molecule has 0 unspecified atom stereocenters. The summed E-state index contributed by atoms with van der Waals surface area (Å²) in [6.45, 7) is 4.03. The van der Waals surface area contributed by atoms with Gasteiger partial charge in [-0.2, -0.15) is 0 Å². The minimum absolute atomic E-state index is 0.268. The van der Waals surface area contributed by atoms with Gasteiger partial charge in [0, 0.05) is 0 Å². The molecule has 0 aliphatic carbocycles. The smallest absolute Gasteiger partial charge is 0.115 e. The number of aromatic hydroxyl groups is 4. The molecule has 4 aromatic rings. The normalized spacial score (nSPS) is 11.5. The van der Waals surface area contributed by atoms with Gasteiger partial charge in [-0.1, -0.05) is 60.7 Å². The summed E-state index contributed by atoms with van der Waals surface area (Å²) in [6, 6.07) is 28.3. The van der Waals surface area contributed by atoms with Crippen LogP contribution in [0.1, 0.15) is 36.1 Å². The number of phenols is 4. The standard InChI is InChI=1S/2C15H14O2/c2*1-11(13-4-8-15(17)9-5-13)10-12-2-6-14(16)7-3-12/h2*2-10,16-17H,1H3/b2*11-10+. The molecular weight excluding hydrogens is 424 g/mol. The van der Waals surface area contributed by atoms with Crippen molar-refractivity contribution < 1.29 is 20.4 Å². The van der Waals surface area contributed by atoms with E-state index in [1.165, 1.54) is 0 Å². The quantitative estimate of drug-likeness (QED) is 0.245. The van der Waals surface area contributed by atoms with Crippen LogP contribution in [0, 0.1) is 0 Å². The van der Waals surface area contributed by atoms with Crippen molar-refractivity contribution in [2.45, 2.75) is 13.8 Å². The molecule has 0 aliphatic rings. The number of hydrogen-bond donors (Lipinski definition) is 4. The molecule has 0 heterocycles. The summed E-state index contributed by atoms with van der Waals surface area (Å²) >= 11 is 0. The molecule has 4 heteroatoms. The van der Waals surface area contributed by atoms with Gasteiger partial charge in [-0.3, -0.25) is 0 Å². The van der Waals surface area contributed by atoms with Gasteiger partial charge in [0.2, 0.25) is 0 Å². The first kappa shape index (κ1) is 24.2. The van der Waals surface area contributed by atoms with Crippen molar-refractivity contribution in [3.8, 4) is 23.0 Å². The minimum Gasteiger partial charge on any atom is -0.508 e. The van der Waals surface area contributed by atoms with Crippen LogP contribution in [0.2, 0.25) is 0 Å². The topological polar surface area (TPSA) is 80.9 Å². The number of phenolic OH excluding ortho intramolecular Hbond substituents is 4. The van der Waals surface area contributed by atoms with E-state index >= 15 is 0 Å². The Hall–Kier alpha value is -4.44. The Balaban J connectivity index is 0.000000191. The molecular formula is C30H28O4. The zero-order chi connectivity index (χ0) is 24.5. The first-order chi connectivity index (χ1) is 16.3. The van der Waals surface area contributed by atoms with Crippen LogP contribution in [0.4, 0.5) is 0 Å². The molecule has 0 amide bonds. The number of rotatable bonds is 4. The van der Waals surface area contributed by atoms with Crippen molar-refractivity contribution in [3.63, 3.8) is 0 Å². The highest BCUT2D eigenvalue weighted by Gasteiger charge is 1.98. The lowest BCUT2D eigenvalue weighted by molar-refractivity contribution is 0.474. The SMILES string of the molecule is C/C(=C\c1ccc(O)cc1)c1ccc(O)cc1.C/C(=C\c1ccc(O)cc1)c1ccc(O)cc1. The van der Waals surface area contributed by atoms with Crippen molar-refractivity contribution in [2.24, 2.45) is 0 Å². The summed E-state index contributed by atoms with van der Waals surface area (Å²) in [5.74, 6) is 1.08. The molecule has 0 aliphatic heterocycles. The fourth-order valence-corrected chi connectivity index (χ4v) is 3.26. The number of allylic oxidation sites excluding steroid dienone is 2. The second kappa shape index (κ2) is 11.4. The van der Waals surface area contributed by atoms with Crippen LogP contribution in [-0.4, -0.2) is 20.4 Å². The van der Waals surface area contributed by atoms with E-state index in [0.29, 0.717) is 0 Å². The van der Waals surface area contributed by atoms with E-state index in [9.17, 15) is 20.4 Å². The lowest BCUT2D eigenvalue weighted by atomic mass is 10.0. The van der Waals surface area contributed by atoms with Gasteiger partial charge in [0.1, 0.15) is 23.0 Å². The van der Waals surface area contributed by atoms with Gasteiger partial charge in [-0.25, -0.2) is 0 Å². The van der Waals surface area contributed by atoms with E-state index in [1.807, 2.05) is 74.5 Å². The monoisotopic (exact) mass is 452 g/mol. The lowest BCUT2D eigenvalue weighted by Crippen LogP contribution is -1.79. The predicted octanol–water partition coefficient (Wildman–Crippen LogP) is 7.32. The van der Waals surface area contributed by atoms with Gasteiger partial charge < -0.3 is 20.4 Å². The van der Waals surface area contributed by atoms with Crippen LogP contribution >= 0.6 is 0 Å². The summed E-state index contributed by atoms with van der Waals surface area (Å²) in [7, 11) is 0. The third-order valence-electron chi connectivity index (χ3n) is 5.20. The van der Waals surface area contributed by atoms with Crippen molar-refractivity contribution in [1.82, 2.24) is 0 Å². The molecule has 0 fully saturated rings. The first-order valence-electron chi connectivity index (χ1n) is 10.8. The summed E-state index contributed by atoms with van der Waals surface area (Å²) in [5, 5.41) is 36.8. The molecule has 0 bridgehead atoms. The second-order valence-corrected chi connectivity index (χ2v) is 7.93. The van der Waals surface area contributed by atoms with Gasteiger partial charge in [0.25, 0.3) is 0 Å². The van der Waals surface area contributed by atoms with Crippen LogP contribution < -0.4 is 0 Å². The van der Waals surface area contributed by atoms with Crippen molar-refractivity contribution in [1.29, 1.82) is 0 Å². The minimum atomic E-state index is 0.268. The van der Waals surface area contributed by atoms with E-state index in [0.717, 1.165) is 33.4 Å². The van der Waals surface area contributed by atoms with E-state index in [1.54, 1.807) is 48.5 Å². The highest BCUT2D eigenvalue weighted by Crippen LogP contribution is 2.22. The molecule has 4 aromatic carbocycles. The Bertz CT molecular complexity index is 1150. The van der Waals surface area contributed by atoms with Crippen molar-refractivity contribution in [3.05, 3.63) is 119 Å². The molecule has 4 nitrogen and oxygen atoms in total. The van der Waals surface area contributed by atoms with Gasteiger partial charge in [0.15, 0.2) is 0 Å². The summed E-state index contributed by atoms with van der Waals surface area (Å²) in [4.78, 5) is 0. The molecule has 4 rings (SSSR count). The second-order valence-electron chi connectivity index (χ2n) is 7.93. The molecule has 0 atom stereocenters. The van der Waals surface area contributed by atoms with Gasteiger partial charge >= 0.3 is 0 Å². The Labute approximate surface area is 200 Å². The zero-order valence-electron chi connectivity index (χ0n) is 19.2. The number of benzene rings is 4. The van der Waals surface area contributed by atoms with Crippen LogP contribution in [-0.2, 0) is 0 Å². The molecule has 0 radical (unpaired) electrons.